The Hall–Kier alpha value is -7.24. The van der Waals surface area contributed by atoms with E-state index >= 15 is 0 Å². The fourth-order valence-electron chi connectivity index (χ4n) is 5.77. The summed E-state index contributed by atoms with van der Waals surface area (Å²) in [6, 6.07) is 33.6. The van der Waals surface area contributed by atoms with Crippen molar-refractivity contribution in [3.63, 3.8) is 0 Å². The molecule has 0 saturated heterocycles. The van der Waals surface area contributed by atoms with E-state index in [4.69, 9.17) is 5.11 Å². The quantitative estimate of drug-likeness (QED) is 0.150. The van der Waals surface area contributed by atoms with E-state index in [-0.39, 0.29) is 11.4 Å². The lowest BCUT2D eigenvalue weighted by Gasteiger charge is -2.21. The Balaban J connectivity index is 0.000000167. The Bertz CT molecular complexity index is 2400. The maximum Gasteiger partial charge on any atom is 0.335 e. The molecule has 0 amide bonds. The van der Waals surface area contributed by atoms with E-state index in [0.29, 0.717) is 62.3 Å². The van der Waals surface area contributed by atoms with Crippen LogP contribution in [0.15, 0.2) is 119 Å². The second-order valence-corrected chi connectivity index (χ2v) is 12.6. The number of hydrogen-bond donors (Lipinski definition) is 3. The average molecular weight is 715 g/mol. The smallest absolute Gasteiger partial charge is 0.335 e. The lowest BCUT2D eigenvalue weighted by Crippen LogP contribution is -2.23. The number of aromatic nitrogens is 4. The molecule has 10 nitrogen and oxygen atoms in total. The monoisotopic (exact) mass is 714 g/mol. The molecule has 11 heteroatoms. The third kappa shape index (κ3) is 9.55. The second-order valence-electron chi connectivity index (χ2n) is 12.6. The number of benzene rings is 4. The molecule has 0 spiro atoms. The molecule has 4 aromatic carbocycles. The van der Waals surface area contributed by atoms with Crippen molar-refractivity contribution in [1.29, 1.82) is 0 Å². The molecule has 0 fully saturated rings. The molecular weight excluding hydrogens is 680 g/mol. The number of carboxylic acid groups (broad SMARTS) is 1. The largest absolute Gasteiger partial charge is 0.478 e. The van der Waals surface area contributed by atoms with Gasteiger partial charge in [0.1, 0.15) is 5.82 Å². The van der Waals surface area contributed by atoms with Crippen LogP contribution in [0.4, 0.5) is 16.0 Å². The van der Waals surface area contributed by atoms with Crippen LogP contribution in [0.1, 0.15) is 55.6 Å². The summed E-state index contributed by atoms with van der Waals surface area (Å²) < 4.78 is 13.0. The van der Waals surface area contributed by atoms with Crippen molar-refractivity contribution in [2.45, 2.75) is 39.0 Å². The molecule has 0 radical (unpaired) electrons. The summed E-state index contributed by atoms with van der Waals surface area (Å²) in [4.78, 5) is 39.2. The number of aromatic carboxylic acids is 1. The van der Waals surface area contributed by atoms with Gasteiger partial charge in [-0.15, -0.1) is 0 Å². The second kappa shape index (κ2) is 16.9. The minimum Gasteiger partial charge on any atom is -0.478 e. The fraction of sp³-hybridized carbons (Fsp3) is 0.140. The number of imidazole rings is 2. The summed E-state index contributed by atoms with van der Waals surface area (Å²) in [5, 5.41) is 8.98. The van der Waals surface area contributed by atoms with E-state index < -0.39 is 5.97 Å². The van der Waals surface area contributed by atoms with Gasteiger partial charge in [-0.1, -0.05) is 96.8 Å². The fourth-order valence-corrected chi connectivity index (χ4v) is 5.77. The van der Waals surface area contributed by atoms with Crippen LogP contribution in [0.2, 0.25) is 0 Å². The number of rotatable bonds is 7. The van der Waals surface area contributed by atoms with E-state index in [0.717, 1.165) is 22.5 Å². The summed E-state index contributed by atoms with van der Waals surface area (Å²) in [6.45, 7) is 2.62. The maximum atomic E-state index is 13.0. The van der Waals surface area contributed by atoms with E-state index in [1.165, 1.54) is 23.3 Å². The van der Waals surface area contributed by atoms with Gasteiger partial charge in [0.2, 0.25) is 0 Å². The molecular formula is C43H35FN8O2. The number of fused-ring (bicyclic) bond motifs is 2. The SMILES string of the molecule is Fc1ccc(CN2C=Nc3nc(C#CCc4ccccc4)[nH]c3C2)cc1.O=C(O)c1ccc(CN2C=Nc3nc(C#CCc4ccccc4)[nH]c3C2)cc1. The van der Waals surface area contributed by atoms with Gasteiger partial charge in [-0.2, -0.15) is 0 Å². The zero-order chi connectivity index (χ0) is 37.1. The topological polar surface area (TPSA) is 126 Å². The Kier molecular flexibility index (Phi) is 11.0. The highest BCUT2D eigenvalue weighted by Crippen LogP contribution is 2.24. The highest BCUT2D eigenvalue weighted by molar-refractivity contribution is 5.87. The summed E-state index contributed by atoms with van der Waals surface area (Å²) in [6.07, 6.45) is 4.89. The molecule has 2 aliphatic heterocycles. The summed E-state index contributed by atoms with van der Waals surface area (Å²) in [5.41, 5.74) is 6.55. The van der Waals surface area contributed by atoms with Gasteiger partial charge in [0.25, 0.3) is 0 Å². The molecule has 0 saturated carbocycles. The lowest BCUT2D eigenvalue weighted by atomic mass is 10.1. The van der Waals surface area contributed by atoms with Gasteiger partial charge in [-0.05, 0) is 58.4 Å². The van der Waals surface area contributed by atoms with Crippen LogP contribution in [-0.4, -0.2) is 53.5 Å². The Morgan fingerprint density at radius 2 is 1.07 bits per heavy atom. The molecule has 266 valence electrons. The Labute approximate surface area is 312 Å². The molecule has 0 atom stereocenters. The van der Waals surface area contributed by atoms with Crippen LogP contribution in [0.5, 0.6) is 0 Å². The van der Waals surface area contributed by atoms with Crippen LogP contribution >= 0.6 is 0 Å². The zero-order valence-corrected chi connectivity index (χ0v) is 29.2. The minimum absolute atomic E-state index is 0.226. The van der Waals surface area contributed by atoms with Crippen molar-refractivity contribution in [1.82, 2.24) is 29.7 Å². The zero-order valence-electron chi connectivity index (χ0n) is 29.2. The Morgan fingerprint density at radius 3 is 1.52 bits per heavy atom. The molecule has 6 aromatic rings. The average Bonchev–Trinajstić information content (AvgIpc) is 3.80. The van der Waals surface area contributed by atoms with Gasteiger partial charge < -0.3 is 24.9 Å². The van der Waals surface area contributed by atoms with Gasteiger partial charge in [0, 0.05) is 25.9 Å². The number of aliphatic imine (C=N–C) groups is 2. The normalized spacial score (nSPS) is 12.3. The van der Waals surface area contributed by atoms with Crippen molar-refractivity contribution < 1.29 is 14.3 Å². The maximum absolute atomic E-state index is 13.0. The Morgan fingerprint density at radius 1 is 0.630 bits per heavy atom. The molecule has 0 unspecified atom stereocenters. The number of H-pyrrole nitrogens is 2. The van der Waals surface area contributed by atoms with Crippen molar-refractivity contribution in [2.75, 3.05) is 0 Å². The van der Waals surface area contributed by atoms with E-state index in [9.17, 15) is 9.18 Å². The molecule has 2 aliphatic rings. The van der Waals surface area contributed by atoms with E-state index in [2.05, 4.69) is 70.6 Å². The number of hydrogen-bond acceptors (Lipinski definition) is 7. The van der Waals surface area contributed by atoms with Crippen LogP contribution in [-0.2, 0) is 39.0 Å². The number of aromatic amines is 2. The number of carbonyl (C=O) groups is 1. The summed E-state index contributed by atoms with van der Waals surface area (Å²) >= 11 is 0. The summed E-state index contributed by atoms with van der Waals surface area (Å²) in [5.74, 6) is 13.9. The van der Waals surface area contributed by atoms with Gasteiger partial charge in [0.15, 0.2) is 23.3 Å². The molecule has 54 heavy (non-hydrogen) atoms. The minimum atomic E-state index is -0.922. The molecule has 4 heterocycles. The van der Waals surface area contributed by atoms with E-state index in [1.54, 1.807) is 36.9 Å². The highest BCUT2D eigenvalue weighted by Gasteiger charge is 2.18. The molecule has 0 aliphatic carbocycles. The highest BCUT2D eigenvalue weighted by atomic mass is 19.1. The number of carboxylic acids is 1. The van der Waals surface area contributed by atoms with Gasteiger partial charge >= 0.3 is 5.97 Å². The predicted molar refractivity (Wildman–Crippen MR) is 206 cm³/mol. The van der Waals surface area contributed by atoms with Crippen LogP contribution < -0.4 is 0 Å². The molecule has 0 bridgehead atoms. The van der Waals surface area contributed by atoms with Crippen LogP contribution in [0, 0.1) is 29.5 Å². The number of nitrogens with zero attached hydrogens (tertiary/aromatic N) is 6. The molecule has 3 N–H and O–H groups in total. The van der Waals surface area contributed by atoms with Gasteiger partial charge in [-0.25, -0.2) is 29.1 Å². The van der Waals surface area contributed by atoms with Crippen LogP contribution in [0.3, 0.4) is 0 Å². The first kappa shape index (κ1) is 35.2. The standard InChI is InChI=1S/C22H18N4O2.C21H17FN4/c27-22(28)18-11-9-17(10-12-18)13-26-14-19-21(23-15-26)25-20(24-19)8-4-7-16-5-2-1-3-6-16;22-18-11-9-17(10-12-18)13-26-14-19-21(23-15-26)25-20(24-19)8-4-7-16-5-2-1-3-6-16/h1-3,5-6,9-12,15H,7,13-14H2,(H,24,25)(H,27,28);1-3,5-6,9-12,15H,7,13-14H2,(H,24,25). The number of nitrogens with one attached hydrogen (secondary N) is 2. The lowest BCUT2D eigenvalue weighted by molar-refractivity contribution is 0.0697. The van der Waals surface area contributed by atoms with Gasteiger partial charge in [0.05, 0.1) is 42.7 Å². The van der Waals surface area contributed by atoms with E-state index in [1.807, 2.05) is 65.6 Å². The molecule has 2 aromatic heterocycles. The van der Waals surface area contributed by atoms with Crippen molar-refractivity contribution >= 4 is 30.3 Å². The predicted octanol–water partition coefficient (Wildman–Crippen LogP) is 7.20. The first-order chi connectivity index (χ1) is 26.4. The third-order valence-electron chi connectivity index (χ3n) is 8.49. The van der Waals surface area contributed by atoms with Gasteiger partial charge in [-0.3, -0.25) is 0 Å². The third-order valence-corrected chi connectivity index (χ3v) is 8.49. The van der Waals surface area contributed by atoms with Crippen molar-refractivity contribution in [3.8, 4) is 23.7 Å². The first-order valence-corrected chi connectivity index (χ1v) is 17.3. The van der Waals surface area contributed by atoms with Crippen molar-refractivity contribution in [2.24, 2.45) is 9.98 Å². The summed E-state index contributed by atoms with van der Waals surface area (Å²) in [7, 11) is 0. The molecule has 8 rings (SSSR count). The number of halogens is 1. The first-order valence-electron chi connectivity index (χ1n) is 17.3. The van der Waals surface area contributed by atoms with Crippen LogP contribution in [0.25, 0.3) is 0 Å². The van der Waals surface area contributed by atoms with Crippen molar-refractivity contribution in [3.05, 3.63) is 166 Å².